The predicted molar refractivity (Wildman–Crippen MR) is 56.7 cm³/mol. The number of carboxylic acid groups (broad SMARTS) is 1. The molecule has 0 atom stereocenters. The predicted octanol–water partition coefficient (Wildman–Crippen LogP) is 2.64. The lowest BCUT2D eigenvalue weighted by atomic mass is 9.33. The fraction of sp³-hybridized carbons (Fsp3) is 0.462. The number of carboxylic acids is 1. The highest BCUT2D eigenvalue weighted by molar-refractivity contribution is 5.80. The van der Waals surface area contributed by atoms with Crippen LogP contribution in [-0.4, -0.2) is 11.1 Å². The average molecular weight is 220 g/mol. The van der Waals surface area contributed by atoms with Crippen LogP contribution in [0.5, 0.6) is 0 Å². The van der Waals surface area contributed by atoms with E-state index in [1.165, 1.54) is 6.07 Å². The molecule has 2 nitrogen and oxygen atoms in total. The highest BCUT2D eigenvalue weighted by atomic mass is 19.1. The minimum absolute atomic E-state index is 0.170. The summed E-state index contributed by atoms with van der Waals surface area (Å²) in [5.74, 6) is -0.902. The molecule has 0 aliphatic heterocycles. The van der Waals surface area contributed by atoms with E-state index in [0.717, 1.165) is 5.56 Å². The number of halogens is 1. The molecule has 0 aromatic heterocycles. The number of aliphatic carboxylic acids is 1. The van der Waals surface area contributed by atoms with Crippen LogP contribution < -0.4 is 0 Å². The molecular weight excluding hydrogens is 207 g/mol. The van der Waals surface area contributed by atoms with Crippen LogP contribution in [0.2, 0.25) is 0 Å². The van der Waals surface area contributed by atoms with Crippen LogP contribution in [0.3, 0.4) is 0 Å². The van der Waals surface area contributed by atoms with Gasteiger partial charge in [0.2, 0.25) is 0 Å². The second-order valence-corrected chi connectivity index (χ2v) is 5.38. The average Bonchev–Trinajstić information content (AvgIpc) is 2.03. The largest absolute Gasteiger partial charge is 0.481 e. The zero-order chi connectivity index (χ0) is 11.6. The van der Waals surface area contributed by atoms with Gasteiger partial charge in [0, 0.05) is 5.41 Å². The summed E-state index contributed by atoms with van der Waals surface area (Å²) >= 11 is 0. The smallest absolute Gasteiger partial charge is 0.309 e. The maximum atomic E-state index is 13.8. The van der Waals surface area contributed by atoms with Gasteiger partial charge in [0.05, 0.1) is 5.41 Å². The van der Waals surface area contributed by atoms with Gasteiger partial charge in [-0.25, -0.2) is 4.39 Å². The van der Waals surface area contributed by atoms with Crippen molar-refractivity contribution in [3.05, 3.63) is 35.1 Å². The topological polar surface area (TPSA) is 37.3 Å². The van der Waals surface area contributed by atoms with Crippen molar-refractivity contribution >= 4 is 5.97 Å². The Balaban J connectivity index is 1.90. The molecule has 0 radical (unpaired) electrons. The second-order valence-electron chi connectivity index (χ2n) is 5.38. The van der Waals surface area contributed by atoms with E-state index in [-0.39, 0.29) is 11.2 Å². The van der Waals surface area contributed by atoms with Gasteiger partial charge in [-0.3, -0.25) is 4.79 Å². The molecule has 0 amide bonds. The normalized spacial score (nSPS) is 35.1. The number of hydrogen-bond donors (Lipinski definition) is 1. The van der Waals surface area contributed by atoms with Crippen LogP contribution in [0.15, 0.2) is 18.2 Å². The van der Waals surface area contributed by atoms with Crippen molar-refractivity contribution in [3.63, 3.8) is 0 Å². The van der Waals surface area contributed by atoms with Gasteiger partial charge >= 0.3 is 5.97 Å². The van der Waals surface area contributed by atoms with Gasteiger partial charge in [-0.15, -0.1) is 0 Å². The molecule has 3 heteroatoms. The van der Waals surface area contributed by atoms with Crippen LogP contribution in [-0.2, 0) is 10.2 Å². The lowest BCUT2D eigenvalue weighted by Gasteiger charge is -2.68. The SMILES string of the molecule is Cc1ccc(C23CC(C(=O)O)(C2)C3)c(F)c1. The van der Waals surface area contributed by atoms with Crippen molar-refractivity contribution in [2.75, 3.05) is 0 Å². The molecule has 3 aliphatic rings. The first-order valence-electron chi connectivity index (χ1n) is 5.48. The Labute approximate surface area is 93.1 Å². The summed E-state index contributed by atoms with van der Waals surface area (Å²) in [6.45, 7) is 1.85. The first-order valence-corrected chi connectivity index (χ1v) is 5.48. The van der Waals surface area contributed by atoms with Gasteiger partial charge in [0.1, 0.15) is 5.82 Å². The number of benzene rings is 1. The lowest BCUT2D eigenvalue weighted by molar-refractivity contribution is -0.195. The maximum absolute atomic E-state index is 13.8. The molecular formula is C13H13FO2. The Morgan fingerprint density at radius 3 is 2.50 bits per heavy atom. The summed E-state index contributed by atoms with van der Waals surface area (Å²) < 4.78 is 13.8. The fourth-order valence-electron chi connectivity index (χ4n) is 3.35. The van der Waals surface area contributed by atoms with E-state index in [9.17, 15) is 9.18 Å². The first kappa shape index (κ1) is 9.82. The number of rotatable bonds is 2. The number of aryl methyl sites for hydroxylation is 1. The molecule has 1 N–H and O–H groups in total. The summed E-state index contributed by atoms with van der Waals surface area (Å²) in [4.78, 5) is 11.0. The van der Waals surface area contributed by atoms with Gasteiger partial charge in [-0.2, -0.15) is 0 Å². The Morgan fingerprint density at radius 2 is 2.00 bits per heavy atom. The van der Waals surface area contributed by atoms with E-state index in [4.69, 9.17) is 5.11 Å². The summed E-state index contributed by atoms with van der Waals surface area (Å²) in [6.07, 6.45) is 1.82. The van der Waals surface area contributed by atoms with Crippen LogP contribution >= 0.6 is 0 Å². The van der Waals surface area contributed by atoms with E-state index >= 15 is 0 Å². The highest BCUT2D eigenvalue weighted by Crippen LogP contribution is 2.73. The standard InChI is InChI=1S/C13H13FO2/c1-8-2-3-9(10(14)4-8)12-5-13(6-12,7-12)11(15)16/h2-4H,5-7H2,1H3,(H,15,16). The molecule has 1 aromatic carbocycles. The van der Waals surface area contributed by atoms with Gasteiger partial charge in [0.15, 0.2) is 0 Å². The Morgan fingerprint density at radius 1 is 1.38 bits per heavy atom. The van der Waals surface area contributed by atoms with Crippen molar-refractivity contribution in [2.45, 2.75) is 31.6 Å². The summed E-state index contributed by atoms with van der Waals surface area (Å²) in [5.41, 5.74) is 0.912. The van der Waals surface area contributed by atoms with Gasteiger partial charge in [-0.1, -0.05) is 12.1 Å². The van der Waals surface area contributed by atoms with Crippen molar-refractivity contribution in [1.29, 1.82) is 0 Å². The summed E-state index contributed by atoms with van der Waals surface area (Å²) in [7, 11) is 0. The first-order chi connectivity index (χ1) is 7.47. The van der Waals surface area contributed by atoms with E-state index < -0.39 is 11.4 Å². The van der Waals surface area contributed by atoms with Crippen molar-refractivity contribution in [2.24, 2.45) is 5.41 Å². The number of hydrogen-bond acceptors (Lipinski definition) is 1. The van der Waals surface area contributed by atoms with Crippen LogP contribution in [0.1, 0.15) is 30.4 Å². The molecule has 1 aromatic rings. The molecule has 84 valence electrons. The molecule has 2 bridgehead atoms. The Hall–Kier alpha value is -1.38. The monoisotopic (exact) mass is 220 g/mol. The third kappa shape index (κ3) is 0.984. The maximum Gasteiger partial charge on any atom is 0.309 e. The molecule has 0 heterocycles. The third-order valence-corrected chi connectivity index (χ3v) is 4.18. The molecule has 3 fully saturated rings. The summed E-state index contributed by atoms with van der Waals surface area (Å²) in [6, 6.07) is 5.24. The van der Waals surface area contributed by atoms with Crippen molar-refractivity contribution in [3.8, 4) is 0 Å². The highest BCUT2D eigenvalue weighted by Gasteiger charge is 2.72. The van der Waals surface area contributed by atoms with Crippen molar-refractivity contribution in [1.82, 2.24) is 0 Å². The van der Waals surface area contributed by atoms with Crippen LogP contribution in [0.25, 0.3) is 0 Å². The Kier molecular flexibility index (Phi) is 1.63. The molecule has 0 spiro atoms. The van der Waals surface area contributed by atoms with Gasteiger partial charge < -0.3 is 5.11 Å². The van der Waals surface area contributed by atoms with Crippen molar-refractivity contribution < 1.29 is 14.3 Å². The third-order valence-electron chi connectivity index (χ3n) is 4.18. The van der Waals surface area contributed by atoms with Gasteiger partial charge in [-0.05, 0) is 43.4 Å². The minimum atomic E-state index is -0.720. The molecule has 0 saturated heterocycles. The van der Waals surface area contributed by atoms with Crippen LogP contribution in [0, 0.1) is 18.2 Å². The molecule has 16 heavy (non-hydrogen) atoms. The molecule has 3 saturated carbocycles. The summed E-state index contributed by atoms with van der Waals surface area (Å²) in [5, 5.41) is 9.01. The fourth-order valence-corrected chi connectivity index (χ4v) is 3.35. The zero-order valence-corrected chi connectivity index (χ0v) is 9.09. The molecule has 4 rings (SSSR count). The lowest BCUT2D eigenvalue weighted by Crippen LogP contribution is -2.68. The van der Waals surface area contributed by atoms with Gasteiger partial charge in [0.25, 0.3) is 0 Å². The zero-order valence-electron chi connectivity index (χ0n) is 9.09. The van der Waals surface area contributed by atoms with E-state index in [0.29, 0.717) is 24.8 Å². The molecule has 3 aliphatic carbocycles. The van der Waals surface area contributed by atoms with E-state index in [1.54, 1.807) is 0 Å². The van der Waals surface area contributed by atoms with E-state index in [1.807, 2.05) is 19.1 Å². The van der Waals surface area contributed by atoms with Crippen LogP contribution in [0.4, 0.5) is 4.39 Å². The second kappa shape index (κ2) is 2.65. The Bertz CT molecular complexity index is 473. The number of carbonyl (C=O) groups is 1. The quantitative estimate of drug-likeness (QED) is 0.831. The minimum Gasteiger partial charge on any atom is -0.481 e. The molecule has 0 unspecified atom stereocenters. The van der Waals surface area contributed by atoms with E-state index in [2.05, 4.69) is 0 Å².